The molecule has 4 nitrogen and oxygen atoms in total. The molecule has 0 aromatic rings. The van der Waals surface area contributed by atoms with Gasteiger partial charge in [0.05, 0.1) is 6.04 Å². The Morgan fingerprint density at radius 2 is 2.00 bits per heavy atom. The average molecular weight is 253 g/mol. The molecule has 0 spiro atoms. The number of carbonyl (C=O) groups is 1. The van der Waals surface area contributed by atoms with E-state index in [4.69, 9.17) is 5.73 Å². The zero-order chi connectivity index (χ0) is 13.0. The van der Waals surface area contributed by atoms with E-state index in [1.54, 1.807) is 0 Å². The number of piperidine rings is 1. The van der Waals surface area contributed by atoms with E-state index in [-0.39, 0.29) is 11.9 Å². The van der Waals surface area contributed by atoms with Crippen molar-refractivity contribution in [2.24, 2.45) is 5.73 Å². The maximum Gasteiger partial charge on any atom is 0.239 e. The number of hydrogen-bond acceptors (Lipinski definition) is 3. The predicted octanol–water partition coefficient (Wildman–Crippen LogP) is 1.20. The topological polar surface area (TPSA) is 49.6 Å². The summed E-state index contributed by atoms with van der Waals surface area (Å²) in [5, 5.41) is 0. The van der Waals surface area contributed by atoms with Crippen molar-refractivity contribution in [2.45, 2.75) is 57.5 Å². The fourth-order valence-electron chi connectivity index (χ4n) is 3.23. The number of nitrogens with two attached hydrogens (primary N) is 1. The fraction of sp³-hybridized carbons (Fsp3) is 0.929. The van der Waals surface area contributed by atoms with E-state index in [9.17, 15) is 4.79 Å². The van der Waals surface area contributed by atoms with Crippen molar-refractivity contribution in [1.82, 2.24) is 9.80 Å². The summed E-state index contributed by atoms with van der Waals surface area (Å²) in [6.07, 6.45) is 6.80. The zero-order valence-electron chi connectivity index (χ0n) is 11.6. The lowest BCUT2D eigenvalue weighted by atomic mass is 10.0. The summed E-state index contributed by atoms with van der Waals surface area (Å²) in [6.45, 7) is 6.31. The molecule has 1 amide bonds. The van der Waals surface area contributed by atoms with Crippen LogP contribution in [-0.2, 0) is 4.79 Å². The first-order valence-electron chi connectivity index (χ1n) is 7.50. The number of rotatable bonds is 4. The first-order chi connectivity index (χ1) is 8.72. The largest absolute Gasteiger partial charge is 0.340 e. The van der Waals surface area contributed by atoms with Crippen molar-refractivity contribution in [2.75, 3.05) is 26.2 Å². The molecule has 2 heterocycles. The van der Waals surface area contributed by atoms with Crippen LogP contribution in [0.3, 0.4) is 0 Å². The monoisotopic (exact) mass is 253 g/mol. The van der Waals surface area contributed by atoms with Gasteiger partial charge in [0.2, 0.25) is 5.91 Å². The van der Waals surface area contributed by atoms with Gasteiger partial charge in [-0.15, -0.1) is 0 Å². The lowest BCUT2D eigenvalue weighted by Crippen LogP contribution is -2.53. The van der Waals surface area contributed by atoms with E-state index in [0.717, 1.165) is 32.4 Å². The molecule has 2 N–H and O–H groups in total. The summed E-state index contributed by atoms with van der Waals surface area (Å²) in [6, 6.07) is 0.298. The van der Waals surface area contributed by atoms with Crippen LogP contribution in [0.15, 0.2) is 0 Å². The quantitative estimate of drug-likeness (QED) is 0.819. The fourth-order valence-corrected chi connectivity index (χ4v) is 3.23. The number of likely N-dealkylation sites (tertiary alicyclic amines) is 2. The Bertz CT molecular complexity index is 276. The summed E-state index contributed by atoms with van der Waals surface area (Å²) in [7, 11) is 0. The molecule has 2 fully saturated rings. The highest BCUT2D eigenvalue weighted by Gasteiger charge is 2.30. The van der Waals surface area contributed by atoms with Gasteiger partial charge in [-0.1, -0.05) is 13.3 Å². The highest BCUT2D eigenvalue weighted by Crippen LogP contribution is 2.21. The minimum absolute atomic E-state index is 0.167. The molecule has 2 saturated heterocycles. The van der Waals surface area contributed by atoms with Crippen molar-refractivity contribution in [1.29, 1.82) is 0 Å². The van der Waals surface area contributed by atoms with Gasteiger partial charge in [-0.05, 0) is 45.2 Å². The Balaban J connectivity index is 1.87. The third-order valence-corrected chi connectivity index (χ3v) is 4.28. The molecule has 0 radical (unpaired) electrons. The van der Waals surface area contributed by atoms with Crippen LogP contribution in [0, 0.1) is 0 Å². The van der Waals surface area contributed by atoms with E-state index in [1.807, 2.05) is 4.90 Å². The molecule has 1 unspecified atom stereocenters. The molecule has 4 heteroatoms. The lowest BCUT2D eigenvalue weighted by Gasteiger charge is -2.38. The summed E-state index contributed by atoms with van der Waals surface area (Å²) in [5.41, 5.74) is 5.95. The Kier molecular flexibility index (Phi) is 5.01. The average Bonchev–Trinajstić information content (AvgIpc) is 2.92. The number of hydrogen-bond donors (Lipinski definition) is 1. The van der Waals surface area contributed by atoms with Crippen molar-refractivity contribution in [3.8, 4) is 0 Å². The van der Waals surface area contributed by atoms with Crippen LogP contribution >= 0.6 is 0 Å². The molecule has 104 valence electrons. The van der Waals surface area contributed by atoms with Gasteiger partial charge < -0.3 is 10.6 Å². The summed E-state index contributed by atoms with van der Waals surface area (Å²) >= 11 is 0. The Labute approximate surface area is 110 Å². The predicted molar refractivity (Wildman–Crippen MR) is 73.3 cm³/mol. The van der Waals surface area contributed by atoms with Crippen LogP contribution in [0.5, 0.6) is 0 Å². The standard InChI is InChI=1S/C14H27N3O/c1-2-6-13(15)14(18)17-10-5-7-12(11-17)16-8-3-4-9-16/h12-13H,2-11,15H2,1H3/t12?,13-/m1/s1. The Hall–Kier alpha value is -0.610. The molecule has 0 aromatic carbocycles. The normalized spacial score (nSPS) is 27.4. The smallest absolute Gasteiger partial charge is 0.239 e. The van der Waals surface area contributed by atoms with E-state index < -0.39 is 0 Å². The third kappa shape index (κ3) is 3.23. The second-order valence-electron chi connectivity index (χ2n) is 5.72. The minimum atomic E-state index is -0.285. The van der Waals surface area contributed by atoms with Gasteiger partial charge in [0.25, 0.3) is 0 Å². The van der Waals surface area contributed by atoms with Gasteiger partial charge in [0.1, 0.15) is 0 Å². The molecule has 2 atom stereocenters. The number of amides is 1. The molecule has 0 saturated carbocycles. The van der Waals surface area contributed by atoms with E-state index >= 15 is 0 Å². The van der Waals surface area contributed by atoms with Crippen LogP contribution < -0.4 is 5.73 Å². The van der Waals surface area contributed by atoms with Crippen LogP contribution in [0.4, 0.5) is 0 Å². The van der Waals surface area contributed by atoms with Gasteiger partial charge in [-0.3, -0.25) is 9.69 Å². The van der Waals surface area contributed by atoms with Crippen molar-refractivity contribution < 1.29 is 4.79 Å². The highest BCUT2D eigenvalue weighted by atomic mass is 16.2. The second-order valence-corrected chi connectivity index (χ2v) is 5.72. The third-order valence-electron chi connectivity index (χ3n) is 4.28. The molecule has 18 heavy (non-hydrogen) atoms. The summed E-state index contributed by atoms with van der Waals surface area (Å²) in [5.74, 6) is 0.167. The van der Waals surface area contributed by atoms with E-state index in [0.29, 0.717) is 6.04 Å². The van der Waals surface area contributed by atoms with Crippen LogP contribution in [0.2, 0.25) is 0 Å². The SMILES string of the molecule is CCC[C@@H](N)C(=O)N1CCCC(N2CCCC2)C1. The maximum absolute atomic E-state index is 12.2. The van der Waals surface area contributed by atoms with E-state index in [2.05, 4.69) is 11.8 Å². The van der Waals surface area contributed by atoms with Gasteiger partial charge in [0, 0.05) is 19.1 Å². The van der Waals surface area contributed by atoms with Crippen LogP contribution in [0.1, 0.15) is 45.4 Å². The van der Waals surface area contributed by atoms with Crippen molar-refractivity contribution in [3.05, 3.63) is 0 Å². The minimum Gasteiger partial charge on any atom is -0.340 e. The van der Waals surface area contributed by atoms with Gasteiger partial charge in [0.15, 0.2) is 0 Å². The molecule has 2 aliphatic heterocycles. The first-order valence-corrected chi connectivity index (χ1v) is 7.50. The Morgan fingerprint density at radius 1 is 1.28 bits per heavy atom. The molecule has 2 aliphatic rings. The number of nitrogens with zero attached hydrogens (tertiary/aromatic N) is 2. The molecular formula is C14H27N3O. The van der Waals surface area contributed by atoms with E-state index in [1.165, 1.54) is 32.4 Å². The van der Waals surface area contributed by atoms with Crippen molar-refractivity contribution >= 4 is 5.91 Å². The molecular weight excluding hydrogens is 226 g/mol. The zero-order valence-corrected chi connectivity index (χ0v) is 11.6. The number of carbonyl (C=O) groups excluding carboxylic acids is 1. The molecule has 0 aromatic heterocycles. The van der Waals surface area contributed by atoms with Crippen LogP contribution in [-0.4, -0.2) is 54.0 Å². The summed E-state index contributed by atoms with van der Waals surface area (Å²) in [4.78, 5) is 16.8. The van der Waals surface area contributed by atoms with Gasteiger partial charge in [-0.2, -0.15) is 0 Å². The molecule has 0 bridgehead atoms. The maximum atomic E-state index is 12.2. The Morgan fingerprint density at radius 3 is 2.67 bits per heavy atom. The van der Waals surface area contributed by atoms with Gasteiger partial charge >= 0.3 is 0 Å². The van der Waals surface area contributed by atoms with Gasteiger partial charge in [-0.25, -0.2) is 0 Å². The lowest BCUT2D eigenvalue weighted by molar-refractivity contribution is -0.134. The summed E-state index contributed by atoms with van der Waals surface area (Å²) < 4.78 is 0. The van der Waals surface area contributed by atoms with Crippen LogP contribution in [0.25, 0.3) is 0 Å². The second kappa shape index (κ2) is 6.53. The molecule has 2 rings (SSSR count). The first kappa shape index (κ1) is 13.8. The molecule has 0 aliphatic carbocycles. The highest BCUT2D eigenvalue weighted by molar-refractivity contribution is 5.81. The van der Waals surface area contributed by atoms with Crippen molar-refractivity contribution in [3.63, 3.8) is 0 Å².